The van der Waals surface area contributed by atoms with Gasteiger partial charge >= 0.3 is 0 Å². The SMILES string of the molecule is CC(O)C[N+](C)(C)C.[OH-]. The maximum Gasteiger partial charge on any atom is 0.104 e. The van der Waals surface area contributed by atoms with Crippen molar-refractivity contribution in [2.45, 2.75) is 13.0 Å². The third-order valence-corrected chi connectivity index (χ3v) is 0.812. The Morgan fingerprint density at radius 2 is 1.67 bits per heavy atom. The molecule has 0 amide bonds. The van der Waals surface area contributed by atoms with E-state index in [1.54, 1.807) is 0 Å². The molecule has 0 radical (unpaired) electrons. The van der Waals surface area contributed by atoms with Gasteiger partial charge in [-0.3, -0.25) is 0 Å². The highest BCUT2D eigenvalue weighted by Crippen LogP contribution is 1.92. The van der Waals surface area contributed by atoms with Gasteiger partial charge in [0.1, 0.15) is 12.6 Å². The molecule has 0 rings (SSSR count). The van der Waals surface area contributed by atoms with Crippen molar-refractivity contribution in [1.29, 1.82) is 0 Å². The van der Waals surface area contributed by atoms with Crippen LogP contribution >= 0.6 is 0 Å². The molecule has 2 N–H and O–H groups in total. The molecule has 3 nitrogen and oxygen atoms in total. The Balaban J connectivity index is 0. The summed E-state index contributed by atoms with van der Waals surface area (Å²) in [7, 11) is 6.19. The third-order valence-electron chi connectivity index (χ3n) is 0.812. The average Bonchev–Trinajstić information content (AvgIpc) is 1.21. The Bertz CT molecular complexity index is 65.9. The van der Waals surface area contributed by atoms with Gasteiger partial charge in [-0.25, -0.2) is 0 Å². The van der Waals surface area contributed by atoms with E-state index in [-0.39, 0.29) is 11.6 Å². The van der Waals surface area contributed by atoms with Crippen molar-refractivity contribution in [3.05, 3.63) is 0 Å². The molecule has 0 saturated carbocycles. The lowest BCUT2D eigenvalue weighted by molar-refractivity contribution is -0.873. The molecule has 0 fully saturated rings. The van der Waals surface area contributed by atoms with Crippen molar-refractivity contribution in [3.8, 4) is 0 Å². The number of rotatable bonds is 2. The van der Waals surface area contributed by atoms with Crippen LogP contribution in [0.5, 0.6) is 0 Å². The monoisotopic (exact) mass is 135 g/mol. The Labute approximate surface area is 56.8 Å². The zero-order chi connectivity index (χ0) is 6.78. The van der Waals surface area contributed by atoms with Gasteiger partial charge in [0.15, 0.2) is 0 Å². The predicted octanol–water partition coefficient (Wildman–Crippen LogP) is -0.103. The van der Waals surface area contributed by atoms with Crippen molar-refractivity contribution in [1.82, 2.24) is 0 Å². The summed E-state index contributed by atoms with van der Waals surface area (Å²) < 4.78 is 0.831. The highest BCUT2D eigenvalue weighted by atomic mass is 16.3. The number of nitrogens with zero attached hydrogens (tertiary/aromatic N) is 1. The zero-order valence-electron chi connectivity index (χ0n) is 6.63. The molecule has 0 aliphatic heterocycles. The van der Waals surface area contributed by atoms with Gasteiger partial charge in [-0.2, -0.15) is 0 Å². The van der Waals surface area contributed by atoms with Crippen molar-refractivity contribution in [3.63, 3.8) is 0 Å². The van der Waals surface area contributed by atoms with Crippen molar-refractivity contribution >= 4 is 0 Å². The first-order chi connectivity index (χ1) is 3.42. The summed E-state index contributed by atoms with van der Waals surface area (Å²) in [5.41, 5.74) is 0. The Morgan fingerprint density at radius 1 is 1.33 bits per heavy atom. The van der Waals surface area contributed by atoms with E-state index >= 15 is 0 Å². The van der Waals surface area contributed by atoms with E-state index in [1.165, 1.54) is 0 Å². The second kappa shape index (κ2) is 3.82. The molecule has 0 aromatic heterocycles. The highest BCUT2D eigenvalue weighted by molar-refractivity contribution is 4.39. The molecule has 0 bridgehead atoms. The molecule has 0 spiro atoms. The molecule has 1 atom stereocenters. The second-order valence-corrected chi connectivity index (χ2v) is 3.32. The molecule has 0 aliphatic carbocycles. The fraction of sp³-hybridized carbons (Fsp3) is 1.00. The molecule has 58 valence electrons. The quantitative estimate of drug-likeness (QED) is 0.537. The van der Waals surface area contributed by atoms with Crippen LogP contribution in [0, 0.1) is 0 Å². The number of hydrogen-bond donors (Lipinski definition) is 1. The minimum atomic E-state index is -0.185. The number of hydrogen-bond acceptors (Lipinski definition) is 2. The maximum absolute atomic E-state index is 8.87. The summed E-state index contributed by atoms with van der Waals surface area (Å²) in [5.74, 6) is 0. The summed E-state index contributed by atoms with van der Waals surface area (Å²) >= 11 is 0. The lowest BCUT2D eigenvalue weighted by Crippen LogP contribution is -2.40. The third kappa shape index (κ3) is 11.4. The van der Waals surface area contributed by atoms with Crippen molar-refractivity contribution in [2.75, 3.05) is 27.7 Å². The van der Waals surface area contributed by atoms with Gasteiger partial charge in [0, 0.05) is 0 Å². The van der Waals surface area contributed by atoms with E-state index in [0.29, 0.717) is 0 Å². The van der Waals surface area contributed by atoms with Crippen LogP contribution in [0.4, 0.5) is 0 Å². The number of quaternary nitrogens is 1. The van der Waals surface area contributed by atoms with E-state index in [4.69, 9.17) is 5.11 Å². The number of aliphatic hydroxyl groups is 1. The Hall–Kier alpha value is -0.120. The lowest BCUT2D eigenvalue weighted by atomic mass is 10.3. The second-order valence-electron chi connectivity index (χ2n) is 3.32. The number of likely N-dealkylation sites (N-methyl/N-ethyl adjacent to an activating group) is 1. The standard InChI is InChI=1S/C6H16NO.H2O/c1-6(8)5-7(2,3)4;/h6,8H,5H2,1-4H3;1H2/q+1;/p-1. The van der Waals surface area contributed by atoms with Crippen LogP contribution in [0.1, 0.15) is 6.92 Å². The smallest absolute Gasteiger partial charge is 0.104 e. The van der Waals surface area contributed by atoms with Crippen LogP contribution < -0.4 is 0 Å². The molecule has 0 aromatic carbocycles. The summed E-state index contributed by atoms with van der Waals surface area (Å²) in [6, 6.07) is 0. The molecule has 1 unspecified atom stereocenters. The molecule has 9 heavy (non-hydrogen) atoms. The van der Waals surface area contributed by atoms with Crippen molar-refractivity contribution < 1.29 is 15.1 Å². The largest absolute Gasteiger partial charge is 0.870 e. The summed E-state index contributed by atoms with van der Waals surface area (Å²) in [6.07, 6.45) is -0.185. The van der Waals surface area contributed by atoms with Crippen LogP contribution in [0.3, 0.4) is 0 Å². The van der Waals surface area contributed by atoms with Gasteiger partial charge in [-0.1, -0.05) is 0 Å². The molecular weight excluding hydrogens is 118 g/mol. The highest BCUT2D eigenvalue weighted by Gasteiger charge is 2.09. The average molecular weight is 135 g/mol. The normalized spacial score (nSPS) is 14.3. The minimum Gasteiger partial charge on any atom is -0.870 e. The lowest BCUT2D eigenvalue weighted by Gasteiger charge is -2.24. The summed E-state index contributed by atoms with van der Waals surface area (Å²) in [6.45, 7) is 2.63. The van der Waals surface area contributed by atoms with Gasteiger partial charge < -0.3 is 15.1 Å². The Morgan fingerprint density at radius 3 is 1.67 bits per heavy atom. The molecule has 0 saturated heterocycles. The van der Waals surface area contributed by atoms with E-state index in [9.17, 15) is 0 Å². The van der Waals surface area contributed by atoms with Crippen LogP contribution in [-0.2, 0) is 0 Å². The topological polar surface area (TPSA) is 50.2 Å². The maximum atomic E-state index is 8.87. The van der Waals surface area contributed by atoms with E-state index < -0.39 is 0 Å². The fourth-order valence-electron chi connectivity index (χ4n) is 0.793. The first-order valence-corrected chi connectivity index (χ1v) is 2.90. The van der Waals surface area contributed by atoms with Gasteiger partial charge in [-0.05, 0) is 6.92 Å². The van der Waals surface area contributed by atoms with E-state index in [1.807, 2.05) is 6.92 Å². The van der Waals surface area contributed by atoms with Gasteiger partial charge in [0.05, 0.1) is 21.1 Å². The first-order valence-electron chi connectivity index (χ1n) is 2.90. The van der Waals surface area contributed by atoms with Gasteiger partial charge in [0.2, 0.25) is 0 Å². The zero-order valence-corrected chi connectivity index (χ0v) is 6.63. The molecule has 0 heterocycles. The predicted molar refractivity (Wildman–Crippen MR) is 36.5 cm³/mol. The summed E-state index contributed by atoms with van der Waals surface area (Å²) in [4.78, 5) is 0. The van der Waals surface area contributed by atoms with E-state index in [2.05, 4.69) is 21.1 Å². The molecule has 3 heteroatoms. The van der Waals surface area contributed by atoms with Gasteiger partial charge in [-0.15, -0.1) is 0 Å². The van der Waals surface area contributed by atoms with Gasteiger partial charge in [0.25, 0.3) is 0 Å². The molecule has 0 aliphatic rings. The van der Waals surface area contributed by atoms with Crippen LogP contribution in [0.2, 0.25) is 0 Å². The van der Waals surface area contributed by atoms with Crippen LogP contribution in [-0.4, -0.2) is 48.9 Å². The van der Waals surface area contributed by atoms with Crippen LogP contribution in [0.15, 0.2) is 0 Å². The van der Waals surface area contributed by atoms with Crippen LogP contribution in [0.25, 0.3) is 0 Å². The molecule has 0 aromatic rings. The van der Waals surface area contributed by atoms with Crippen molar-refractivity contribution in [2.24, 2.45) is 0 Å². The summed E-state index contributed by atoms with van der Waals surface area (Å²) in [5, 5.41) is 8.87. The van der Waals surface area contributed by atoms with E-state index in [0.717, 1.165) is 11.0 Å². The molecular formula is C6H17NO2. The Kier molecular flexibility index (Phi) is 4.95. The minimum absolute atomic E-state index is 0. The fourth-order valence-corrected chi connectivity index (χ4v) is 0.793. The number of aliphatic hydroxyl groups excluding tert-OH is 1. The first kappa shape index (κ1) is 11.6.